The Hall–Kier alpha value is -2.46. The van der Waals surface area contributed by atoms with Crippen molar-refractivity contribution in [2.24, 2.45) is 0 Å². The number of ether oxygens (including phenoxy) is 1. The number of benzene rings is 1. The van der Waals surface area contributed by atoms with Crippen molar-refractivity contribution < 1.29 is 9.53 Å². The molecule has 1 aromatic carbocycles. The summed E-state index contributed by atoms with van der Waals surface area (Å²) in [6, 6.07) is 15.1. The summed E-state index contributed by atoms with van der Waals surface area (Å²) in [6.07, 6.45) is 4.00. The van der Waals surface area contributed by atoms with Gasteiger partial charge < -0.3 is 4.74 Å². The number of carbonyl (C=O) groups excluding carboxylic acids is 1. The Morgan fingerprint density at radius 3 is 2.72 bits per heavy atom. The summed E-state index contributed by atoms with van der Waals surface area (Å²) >= 11 is 8.03. The molecule has 1 amide bonds. The van der Waals surface area contributed by atoms with Gasteiger partial charge in [-0.25, -0.2) is 4.98 Å². The molecule has 0 unspecified atom stereocenters. The van der Waals surface area contributed by atoms with Crippen LogP contribution in [0.1, 0.15) is 18.9 Å². The fourth-order valence-electron chi connectivity index (χ4n) is 3.18. The molecule has 0 spiro atoms. The molecule has 3 heterocycles. The molecule has 0 N–H and O–H groups in total. The second-order valence-electron chi connectivity index (χ2n) is 6.86. The minimum absolute atomic E-state index is 0.190. The van der Waals surface area contributed by atoms with Gasteiger partial charge >= 0.3 is 0 Å². The Bertz CT molecular complexity index is 1240. The van der Waals surface area contributed by atoms with Gasteiger partial charge in [0.2, 0.25) is 0 Å². The van der Waals surface area contributed by atoms with E-state index in [0.29, 0.717) is 51.6 Å². The van der Waals surface area contributed by atoms with Crippen LogP contribution in [0.15, 0.2) is 74.3 Å². The fraction of sp³-hybridized carbons (Fsp3) is 0.217. The molecule has 0 atom stereocenters. The first-order valence-electron chi connectivity index (χ1n) is 10.2. The van der Waals surface area contributed by atoms with Crippen LogP contribution in [0.5, 0.6) is 0 Å². The molecule has 3 aromatic rings. The van der Waals surface area contributed by atoms with E-state index in [1.54, 1.807) is 29.3 Å². The van der Waals surface area contributed by atoms with Crippen molar-refractivity contribution in [3.63, 3.8) is 0 Å². The van der Waals surface area contributed by atoms with Gasteiger partial charge in [-0.05, 0) is 43.7 Å². The van der Waals surface area contributed by atoms with Crippen molar-refractivity contribution in [1.29, 1.82) is 0 Å². The molecule has 32 heavy (non-hydrogen) atoms. The third-order valence-electron chi connectivity index (χ3n) is 4.72. The van der Waals surface area contributed by atoms with E-state index in [9.17, 15) is 9.59 Å². The van der Waals surface area contributed by atoms with E-state index in [1.165, 1.54) is 27.9 Å². The van der Waals surface area contributed by atoms with E-state index in [-0.39, 0.29) is 11.5 Å². The molecule has 9 heteroatoms. The van der Waals surface area contributed by atoms with Crippen molar-refractivity contribution >= 4 is 57.7 Å². The van der Waals surface area contributed by atoms with E-state index in [0.717, 1.165) is 4.90 Å². The van der Waals surface area contributed by atoms with Gasteiger partial charge in [0.05, 0.1) is 10.5 Å². The van der Waals surface area contributed by atoms with Gasteiger partial charge in [0, 0.05) is 30.9 Å². The smallest absolute Gasteiger partial charge is 0.266 e. The first kappa shape index (κ1) is 22.7. The number of hydrogen-bond acceptors (Lipinski definition) is 7. The van der Waals surface area contributed by atoms with Crippen LogP contribution in [-0.2, 0) is 9.53 Å². The standard InChI is InChI=1S/C23H21N3O3S3/c1-2-29-14-8-13-26-22(28)18(32-23(26)30)15-17-20(31-16-9-4-3-5-10-16)24-19-11-6-7-12-25(19)21(17)27/h3-7,9-12,15H,2,8,13-14H2,1H3/b18-15+. The second kappa shape index (κ2) is 10.4. The van der Waals surface area contributed by atoms with E-state index in [2.05, 4.69) is 0 Å². The van der Waals surface area contributed by atoms with Gasteiger partial charge in [0.1, 0.15) is 15.0 Å². The van der Waals surface area contributed by atoms with Gasteiger partial charge in [0.15, 0.2) is 0 Å². The summed E-state index contributed by atoms with van der Waals surface area (Å²) in [6.45, 7) is 3.63. The average Bonchev–Trinajstić information content (AvgIpc) is 3.07. The van der Waals surface area contributed by atoms with Gasteiger partial charge in [-0.1, -0.05) is 60.0 Å². The number of thioether (sulfide) groups is 1. The lowest BCUT2D eigenvalue weighted by molar-refractivity contribution is -0.122. The van der Waals surface area contributed by atoms with Gasteiger partial charge in [-0.15, -0.1) is 0 Å². The zero-order valence-corrected chi connectivity index (χ0v) is 19.8. The summed E-state index contributed by atoms with van der Waals surface area (Å²) in [4.78, 5) is 34.0. The molecule has 164 valence electrons. The minimum Gasteiger partial charge on any atom is -0.382 e. The maximum atomic E-state index is 13.3. The number of rotatable bonds is 8. The lowest BCUT2D eigenvalue weighted by atomic mass is 10.2. The van der Waals surface area contributed by atoms with Crippen LogP contribution in [-0.4, -0.2) is 44.3 Å². The Morgan fingerprint density at radius 1 is 1.16 bits per heavy atom. The summed E-state index contributed by atoms with van der Waals surface area (Å²) in [5.74, 6) is -0.190. The number of aromatic nitrogens is 2. The van der Waals surface area contributed by atoms with Crippen molar-refractivity contribution in [3.8, 4) is 0 Å². The normalized spacial score (nSPS) is 15.3. The molecule has 4 rings (SSSR count). The second-order valence-corrected chi connectivity index (χ2v) is 9.60. The largest absolute Gasteiger partial charge is 0.382 e. The van der Waals surface area contributed by atoms with E-state index >= 15 is 0 Å². The molecule has 6 nitrogen and oxygen atoms in total. The molecule has 1 fully saturated rings. The monoisotopic (exact) mass is 483 g/mol. The topological polar surface area (TPSA) is 63.9 Å². The number of carbonyl (C=O) groups is 1. The molecule has 1 saturated heterocycles. The van der Waals surface area contributed by atoms with Crippen LogP contribution in [0.25, 0.3) is 11.7 Å². The first-order chi connectivity index (χ1) is 15.6. The molecular weight excluding hydrogens is 462 g/mol. The Labute approximate surface area is 199 Å². The highest BCUT2D eigenvalue weighted by Gasteiger charge is 2.32. The molecule has 1 aliphatic rings. The van der Waals surface area contributed by atoms with E-state index < -0.39 is 0 Å². The SMILES string of the molecule is CCOCCCN1C(=O)/C(=C\c2c(Sc3ccccc3)nc3ccccn3c2=O)SC1=S. The maximum Gasteiger partial charge on any atom is 0.266 e. The van der Waals surface area contributed by atoms with Crippen LogP contribution in [0.4, 0.5) is 0 Å². The quantitative estimate of drug-likeness (QED) is 0.203. The van der Waals surface area contributed by atoms with Crippen LogP contribution in [0.2, 0.25) is 0 Å². The van der Waals surface area contributed by atoms with Crippen molar-refractivity contribution in [2.45, 2.75) is 23.3 Å². The Morgan fingerprint density at radius 2 is 1.94 bits per heavy atom. The maximum absolute atomic E-state index is 13.3. The fourth-order valence-corrected chi connectivity index (χ4v) is 5.38. The summed E-state index contributed by atoms with van der Waals surface area (Å²) in [5, 5.41) is 0.550. The zero-order chi connectivity index (χ0) is 22.5. The third kappa shape index (κ3) is 4.96. The predicted octanol–water partition coefficient (Wildman–Crippen LogP) is 4.47. The lowest BCUT2D eigenvalue weighted by Gasteiger charge is -2.14. The number of pyridine rings is 1. The number of thiocarbonyl (C=S) groups is 1. The third-order valence-corrected chi connectivity index (χ3v) is 7.11. The van der Waals surface area contributed by atoms with E-state index in [1.807, 2.05) is 43.3 Å². The highest BCUT2D eigenvalue weighted by molar-refractivity contribution is 8.26. The number of amides is 1. The number of nitrogens with zero attached hydrogens (tertiary/aromatic N) is 3. The Balaban J connectivity index is 1.71. The van der Waals surface area contributed by atoms with Crippen molar-refractivity contribution in [3.05, 3.63) is 75.6 Å². The van der Waals surface area contributed by atoms with Crippen LogP contribution in [0.3, 0.4) is 0 Å². The van der Waals surface area contributed by atoms with Gasteiger partial charge in [0.25, 0.3) is 11.5 Å². The lowest BCUT2D eigenvalue weighted by Crippen LogP contribution is -2.29. The number of fused-ring (bicyclic) bond motifs is 1. The van der Waals surface area contributed by atoms with Crippen LogP contribution >= 0.6 is 35.7 Å². The first-order valence-corrected chi connectivity index (χ1v) is 12.2. The zero-order valence-electron chi connectivity index (χ0n) is 17.4. The highest BCUT2D eigenvalue weighted by Crippen LogP contribution is 2.35. The summed E-state index contributed by atoms with van der Waals surface area (Å²) < 4.78 is 7.34. The average molecular weight is 484 g/mol. The molecule has 0 bridgehead atoms. The highest BCUT2D eigenvalue weighted by atomic mass is 32.2. The summed E-state index contributed by atoms with van der Waals surface area (Å²) in [5.41, 5.74) is 0.699. The predicted molar refractivity (Wildman–Crippen MR) is 133 cm³/mol. The van der Waals surface area contributed by atoms with Crippen molar-refractivity contribution in [1.82, 2.24) is 14.3 Å². The van der Waals surface area contributed by atoms with Gasteiger partial charge in [-0.3, -0.25) is 18.9 Å². The van der Waals surface area contributed by atoms with Crippen molar-refractivity contribution in [2.75, 3.05) is 19.8 Å². The molecule has 0 saturated carbocycles. The molecular formula is C23H21N3O3S3. The Kier molecular flexibility index (Phi) is 7.41. The molecule has 0 aliphatic carbocycles. The van der Waals surface area contributed by atoms with Crippen LogP contribution in [0, 0.1) is 0 Å². The van der Waals surface area contributed by atoms with E-state index in [4.69, 9.17) is 21.9 Å². The minimum atomic E-state index is -0.226. The molecule has 1 aliphatic heterocycles. The number of hydrogen-bond donors (Lipinski definition) is 0. The molecule has 0 radical (unpaired) electrons. The van der Waals surface area contributed by atoms with Crippen LogP contribution < -0.4 is 5.56 Å². The summed E-state index contributed by atoms with van der Waals surface area (Å²) in [7, 11) is 0. The molecule has 2 aromatic heterocycles. The van der Waals surface area contributed by atoms with Gasteiger partial charge in [-0.2, -0.15) is 0 Å².